The van der Waals surface area contributed by atoms with Gasteiger partial charge in [0.25, 0.3) is 0 Å². The van der Waals surface area contributed by atoms with Gasteiger partial charge in [0.05, 0.1) is 6.61 Å². The summed E-state index contributed by atoms with van der Waals surface area (Å²) in [6.45, 7) is 11.3. The summed E-state index contributed by atoms with van der Waals surface area (Å²) in [5.74, 6) is 3.34. The molecule has 4 heteroatoms. The minimum absolute atomic E-state index is 0.142. The standard InChI is InChI=1S/C21H24O4/c1-5-9-23-19-12-21-20(24-13-25-21)11-17(19)15(4)16-7-8-18(22-6-2)14(3)10-16/h5,7-8,10-12,15H,1,6,9,13H2,2-4H3/t15-/m0/s1. The van der Waals surface area contributed by atoms with E-state index in [2.05, 4.69) is 32.6 Å². The Labute approximate surface area is 149 Å². The van der Waals surface area contributed by atoms with Crippen LogP contribution in [-0.4, -0.2) is 20.0 Å². The van der Waals surface area contributed by atoms with E-state index in [1.807, 2.05) is 25.1 Å². The van der Waals surface area contributed by atoms with E-state index in [0.717, 1.165) is 34.1 Å². The van der Waals surface area contributed by atoms with Gasteiger partial charge in [-0.1, -0.05) is 31.7 Å². The lowest BCUT2D eigenvalue weighted by Crippen LogP contribution is -2.03. The van der Waals surface area contributed by atoms with Crippen molar-refractivity contribution in [3.63, 3.8) is 0 Å². The fourth-order valence-corrected chi connectivity index (χ4v) is 2.99. The zero-order chi connectivity index (χ0) is 17.8. The highest BCUT2D eigenvalue weighted by molar-refractivity contribution is 5.55. The van der Waals surface area contributed by atoms with Gasteiger partial charge in [0.15, 0.2) is 11.5 Å². The van der Waals surface area contributed by atoms with Crippen LogP contribution in [0.25, 0.3) is 0 Å². The monoisotopic (exact) mass is 340 g/mol. The quantitative estimate of drug-likeness (QED) is 0.676. The molecule has 1 heterocycles. The number of ether oxygens (including phenoxy) is 4. The van der Waals surface area contributed by atoms with E-state index in [4.69, 9.17) is 18.9 Å². The highest BCUT2D eigenvalue weighted by atomic mass is 16.7. The summed E-state index contributed by atoms with van der Waals surface area (Å²) in [5.41, 5.74) is 3.39. The van der Waals surface area contributed by atoms with E-state index in [-0.39, 0.29) is 12.7 Å². The van der Waals surface area contributed by atoms with E-state index in [1.54, 1.807) is 6.08 Å². The summed E-state index contributed by atoms with van der Waals surface area (Å²) >= 11 is 0. The molecule has 0 saturated carbocycles. The molecule has 0 spiro atoms. The second kappa shape index (κ2) is 7.51. The predicted molar refractivity (Wildman–Crippen MR) is 98.1 cm³/mol. The predicted octanol–water partition coefficient (Wildman–Crippen LogP) is 4.84. The molecular weight excluding hydrogens is 316 g/mol. The third-order valence-corrected chi connectivity index (χ3v) is 4.33. The lowest BCUT2D eigenvalue weighted by atomic mass is 9.91. The van der Waals surface area contributed by atoms with Gasteiger partial charge in [-0.2, -0.15) is 0 Å². The molecule has 4 nitrogen and oxygen atoms in total. The van der Waals surface area contributed by atoms with E-state index in [9.17, 15) is 0 Å². The van der Waals surface area contributed by atoms with Gasteiger partial charge in [-0.3, -0.25) is 0 Å². The van der Waals surface area contributed by atoms with Crippen LogP contribution in [0.1, 0.15) is 36.5 Å². The van der Waals surface area contributed by atoms with Gasteiger partial charge in [0, 0.05) is 17.5 Å². The molecule has 0 aromatic heterocycles. The fourth-order valence-electron chi connectivity index (χ4n) is 2.99. The molecule has 132 valence electrons. The third kappa shape index (κ3) is 3.58. The molecule has 1 aliphatic heterocycles. The molecule has 1 atom stereocenters. The Morgan fingerprint density at radius 3 is 2.56 bits per heavy atom. The van der Waals surface area contributed by atoms with Crippen molar-refractivity contribution >= 4 is 0 Å². The number of hydrogen-bond acceptors (Lipinski definition) is 4. The summed E-state index contributed by atoms with van der Waals surface area (Å²) in [6, 6.07) is 10.2. The molecule has 3 rings (SSSR count). The van der Waals surface area contributed by atoms with Crippen molar-refractivity contribution in [2.75, 3.05) is 20.0 Å². The number of rotatable bonds is 7. The van der Waals surface area contributed by atoms with Crippen LogP contribution in [0.15, 0.2) is 43.0 Å². The van der Waals surface area contributed by atoms with Crippen molar-refractivity contribution in [2.24, 2.45) is 0 Å². The first-order valence-corrected chi connectivity index (χ1v) is 8.54. The van der Waals surface area contributed by atoms with Gasteiger partial charge in [0.1, 0.15) is 18.1 Å². The van der Waals surface area contributed by atoms with Crippen LogP contribution in [0.3, 0.4) is 0 Å². The molecule has 25 heavy (non-hydrogen) atoms. The molecular formula is C21H24O4. The Kier molecular flexibility index (Phi) is 5.17. The maximum Gasteiger partial charge on any atom is 0.231 e. The van der Waals surface area contributed by atoms with Crippen molar-refractivity contribution in [1.82, 2.24) is 0 Å². The van der Waals surface area contributed by atoms with Gasteiger partial charge in [-0.25, -0.2) is 0 Å². The van der Waals surface area contributed by atoms with Crippen LogP contribution < -0.4 is 18.9 Å². The first-order valence-electron chi connectivity index (χ1n) is 8.54. The minimum Gasteiger partial charge on any atom is -0.494 e. The zero-order valence-electron chi connectivity index (χ0n) is 15.0. The molecule has 0 unspecified atom stereocenters. The summed E-state index contributed by atoms with van der Waals surface area (Å²) < 4.78 is 22.5. The summed E-state index contributed by atoms with van der Waals surface area (Å²) in [5, 5.41) is 0. The second-order valence-corrected chi connectivity index (χ2v) is 6.02. The van der Waals surface area contributed by atoms with Crippen LogP contribution in [0.5, 0.6) is 23.0 Å². The van der Waals surface area contributed by atoms with Crippen LogP contribution in [0, 0.1) is 6.92 Å². The maximum atomic E-state index is 5.87. The molecule has 0 bridgehead atoms. The Bertz CT molecular complexity index is 767. The van der Waals surface area contributed by atoms with E-state index >= 15 is 0 Å². The van der Waals surface area contributed by atoms with Gasteiger partial charge >= 0.3 is 0 Å². The number of aryl methyl sites for hydroxylation is 1. The number of fused-ring (bicyclic) bond motifs is 1. The smallest absolute Gasteiger partial charge is 0.231 e. The van der Waals surface area contributed by atoms with Crippen molar-refractivity contribution in [3.8, 4) is 23.0 Å². The van der Waals surface area contributed by atoms with E-state index in [1.165, 1.54) is 5.56 Å². The molecule has 2 aromatic rings. The average Bonchev–Trinajstić information content (AvgIpc) is 3.07. The number of benzene rings is 2. The molecule has 0 amide bonds. The average molecular weight is 340 g/mol. The first kappa shape index (κ1) is 17.2. The molecule has 0 aliphatic carbocycles. The molecule has 0 saturated heterocycles. The molecule has 0 fully saturated rings. The van der Waals surface area contributed by atoms with Crippen molar-refractivity contribution < 1.29 is 18.9 Å². The number of hydrogen-bond donors (Lipinski definition) is 0. The third-order valence-electron chi connectivity index (χ3n) is 4.33. The topological polar surface area (TPSA) is 36.9 Å². The lowest BCUT2D eigenvalue weighted by molar-refractivity contribution is 0.174. The second-order valence-electron chi connectivity index (χ2n) is 6.02. The minimum atomic E-state index is 0.142. The van der Waals surface area contributed by atoms with Crippen molar-refractivity contribution in [2.45, 2.75) is 26.7 Å². The van der Waals surface area contributed by atoms with Crippen LogP contribution >= 0.6 is 0 Å². The van der Waals surface area contributed by atoms with Crippen LogP contribution in [-0.2, 0) is 0 Å². The Morgan fingerprint density at radius 1 is 1.12 bits per heavy atom. The van der Waals surface area contributed by atoms with Crippen molar-refractivity contribution in [1.29, 1.82) is 0 Å². The Hall–Kier alpha value is -2.62. The maximum absolute atomic E-state index is 5.87. The normalized spacial score (nSPS) is 13.4. The van der Waals surface area contributed by atoms with Crippen LogP contribution in [0.2, 0.25) is 0 Å². The van der Waals surface area contributed by atoms with E-state index in [0.29, 0.717) is 13.2 Å². The zero-order valence-corrected chi connectivity index (χ0v) is 15.0. The van der Waals surface area contributed by atoms with Crippen molar-refractivity contribution in [3.05, 3.63) is 59.7 Å². The Morgan fingerprint density at radius 2 is 1.88 bits per heavy atom. The van der Waals surface area contributed by atoms with Gasteiger partial charge in [0.2, 0.25) is 6.79 Å². The molecule has 2 aromatic carbocycles. The fraction of sp³-hybridized carbons (Fsp3) is 0.333. The largest absolute Gasteiger partial charge is 0.494 e. The SMILES string of the molecule is C=CCOc1cc2c(cc1[C@@H](C)c1ccc(OCC)c(C)c1)OCO2. The molecule has 0 N–H and O–H groups in total. The highest BCUT2D eigenvalue weighted by Crippen LogP contribution is 2.42. The molecule has 0 radical (unpaired) electrons. The summed E-state index contributed by atoms with van der Waals surface area (Å²) in [6.07, 6.45) is 1.74. The molecule has 1 aliphatic rings. The van der Waals surface area contributed by atoms with Gasteiger partial charge < -0.3 is 18.9 Å². The van der Waals surface area contributed by atoms with Gasteiger partial charge in [-0.15, -0.1) is 0 Å². The van der Waals surface area contributed by atoms with Gasteiger partial charge in [-0.05, 0) is 37.1 Å². The summed E-state index contributed by atoms with van der Waals surface area (Å²) in [7, 11) is 0. The van der Waals surface area contributed by atoms with E-state index < -0.39 is 0 Å². The Balaban J connectivity index is 1.96. The first-order chi connectivity index (χ1) is 12.1. The highest BCUT2D eigenvalue weighted by Gasteiger charge is 2.22. The summed E-state index contributed by atoms with van der Waals surface area (Å²) in [4.78, 5) is 0. The lowest BCUT2D eigenvalue weighted by Gasteiger charge is -2.19. The van der Waals surface area contributed by atoms with Crippen LogP contribution in [0.4, 0.5) is 0 Å².